The Bertz CT molecular complexity index is 3040. The van der Waals surface area contributed by atoms with E-state index < -0.39 is 7.14 Å². The van der Waals surface area contributed by atoms with Crippen LogP contribution in [0.3, 0.4) is 0 Å². The summed E-state index contributed by atoms with van der Waals surface area (Å²) in [5.41, 5.74) is 6.82. The zero-order chi connectivity index (χ0) is 34.8. The molecule has 2 nitrogen and oxygen atoms in total. The van der Waals surface area contributed by atoms with Crippen molar-refractivity contribution in [3.05, 3.63) is 192 Å². The van der Waals surface area contributed by atoms with Crippen LogP contribution in [0.5, 0.6) is 0 Å². The van der Waals surface area contributed by atoms with E-state index >= 15 is 0 Å². The molecule has 0 bridgehead atoms. The van der Waals surface area contributed by atoms with Crippen LogP contribution in [0, 0.1) is 0 Å². The van der Waals surface area contributed by atoms with Crippen molar-refractivity contribution >= 4 is 79.2 Å². The van der Waals surface area contributed by atoms with Crippen LogP contribution in [0.1, 0.15) is 5.56 Å². The molecule has 0 spiro atoms. The number of allylic oxidation sites excluding steroid dienone is 2. The normalized spacial score (nSPS) is 16.8. The first-order valence-electron chi connectivity index (χ1n) is 17.8. The first-order chi connectivity index (χ1) is 25.6. The first-order valence-corrected chi connectivity index (χ1v) is 19.7. The summed E-state index contributed by atoms with van der Waals surface area (Å²) in [6.45, 7) is 4.68. The van der Waals surface area contributed by atoms with Gasteiger partial charge in [0.05, 0.1) is 16.6 Å². The van der Waals surface area contributed by atoms with Crippen LogP contribution in [0.4, 0.5) is 0 Å². The van der Waals surface area contributed by atoms with Crippen LogP contribution < -0.4 is 21.2 Å². The summed E-state index contributed by atoms with van der Waals surface area (Å²) < 4.78 is 17.2. The molecule has 0 fully saturated rings. The van der Waals surface area contributed by atoms with Crippen molar-refractivity contribution in [2.24, 2.45) is 0 Å². The summed E-state index contributed by atoms with van der Waals surface area (Å²) in [5.74, 6) is 0. The molecular weight excluding hydrogens is 650 g/mol. The number of para-hydroxylation sites is 1. The van der Waals surface area contributed by atoms with Crippen molar-refractivity contribution in [3.8, 4) is 16.8 Å². The van der Waals surface area contributed by atoms with E-state index in [9.17, 15) is 4.57 Å². The van der Waals surface area contributed by atoms with E-state index in [0.717, 1.165) is 48.9 Å². The minimum Gasteiger partial charge on any atom is -0.313 e. The number of rotatable bonds is 4. The quantitative estimate of drug-likeness (QED) is 0.134. The van der Waals surface area contributed by atoms with Crippen molar-refractivity contribution in [1.29, 1.82) is 0 Å². The molecule has 1 atom stereocenters. The Morgan fingerprint density at radius 1 is 0.558 bits per heavy atom. The third-order valence-corrected chi connectivity index (χ3v) is 13.9. The van der Waals surface area contributed by atoms with Crippen LogP contribution in [-0.2, 0) is 4.57 Å². The lowest BCUT2D eigenvalue weighted by atomic mass is 9.89. The van der Waals surface area contributed by atoms with Crippen molar-refractivity contribution in [3.63, 3.8) is 0 Å². The van der Waals surface area contributed by atoms with Gasteiger partial charge in [0.25, 0.3) is 0 Å². The third-order valence-electron chi connectivity index (χ3n) is 10.8. The zero-order valence-electron chi connectivity index (χ0n) is 28.5. The monoisotopic (exact) mass is 683 g/mol. The molecule has 52 heavy (non-hydrogen) atoms. The molecule has 9 aromatic rings. The van der Waals surface area contributed by atoms with Crippen molar-refractivity contribution in [2.45, 2.75) is 0 Å². The Morgan fingerprint density at radius 3 is 1.90 bits per heavy atom. The summed E-state index contributed by atoms with van der Waals surface area (Å²) in [6, 6.07) is 59.7. The highest BCUT2D eigenvalue weighted by molar-refractivity contribution is 7.79. The van der Waals surface area contributed by atoms with Crippen LogP contribution in [-0.4, -0.2) is 10.7 Å². The summed E-state index contributed by atoms with van der Waals surface area (Å²) in [5, 5.41) is 12.2. The Labute approximate surface area is 302 Å². The minimum absolute atomic E-state index is 0.492. The van der Waals surface area contributed by atoms with Crippen LogP contribution >= 0.6 is 7.14 Å². The van der Waals surface area contributed by atoms with Crippen molar-refractivity contribution < 1.29 is 4.57 Å². The smallest absolute Gasteiger partial charge is 0.148 e. The molecule has 1 aromatic heterocycles. The van der Waals surface area contributed by atoms with Gasteiger partial charge in [-0.05, 0) is 62.0 Å². The SMILES string of the molecule is C=c1/c(=C\C=C2/CP(=O)(c3ccccc3)c3ccccc32)n(-c2c3ccccc3c(-c3ccc4ccccc4c3)c3ccccc23)c2ccccc12. The van der Waals surface area contributed by atoms with Gasteiger partial charge in [-0.3, -0.25) is 0 Å². The molecule has 0 amide bonds. The van der Waals surface area contributed by atoms with Gasteiger partial charge < -0.3 is 9.13 Å². The van der Waals surface area contributed by atoms with Gasteiger partial charge in [-0.25, -0.2) is 0 Å². The molecule has 10 rings (SSSR count). The predicted octanol–water partition coefficient (Wildman–Crippen LogP) is 10.4. The molecule has 1 unspecified atom stereocenters. The lowest BCUT2D eigenvalue weighted by molar-refractivity contribution is 0.589. The Kier molecular flexibility index (Phi) is 7.03. The van der Waals surface area contributed by atoms with Gasteiger partial charge in [-0.2, -0.15) is 0 Å². The molecule has 0 radical (unpaired) electrons. The maximum atomic E-state index is 14.8. The van der Waals surface area contributed by atoms with Gasteiger partial charge in [-0.15, -0.1) is 0 Å². The summed E-state index contributed by atoms with van der Waals surface area (Å²) >= 11 is 0. The molecule has 1 aliphatic heterocycles. The molecule has 0 aliphatic carbocycles. The van der Waals surface area contributed by atoms with Gasteiger partial charge >= 0.3 is 0 Å². The molecule has 1 aliphatic rings. The van der Waals surface area contributed by atoms with E-state index in [1.807, 2.05) is 48.5 Å². The number of hydrogen-bond donors (Lipinski definition) is 0. The second-order valence-electron chi connectivity index (χ2n) is 13.7. The second-order valence-corrected chi connectivity index (χ2v) is 16.5. The van der Waals surface area contributed by atoms with E-state index in [-0.39, 0.29) is 0 Å². The van der Waals surface area contributed by atoms with Gasteiger partial charge in [0.2, 0.25) is 0 Å². The first kappa shape index (κ1) is 30.6. The number of nitrogens with zero attached hydrogens (tertiary/aromatic N) is 1. The van der Waals surface area contributed by atoms with E-state index in [0.29, 0.717) is 6.16 Å². The van der Waals surface area contributed by atoms with Crippen LogP contribution in [0.2, 0.25) is 0 Å². The lowest BCUT2D eigenvalue weighted by Gasteiger charge is -2.19. The molecule has 2 heterocycles. The molecule has 0 saturated carbocycles. The maximum Gasteiger partial charge on any atom is 0.148 e. The fourth-order valence-electron chi connectivity index (χ4n) is 8.44. The minimum atomic E-state index is -2.83. The van der Waals surface area contributed by atoms with Gasteiger partial charge in [0, 0.05) is 38.1 Å². The maximum absolute atomic E-state index is 14.8. The fraction of sp³-hybridized carbons (Fsp3) is 0.0204. The van der Waals surface area contributed by atoms with E-state index in [1.54, 1.807) is 0 Å². The number of fused-ring (bicyclic) bond motifs is 5. The predicted molar refractivity (Wildman–Crippen MR) is 223 cm³/mol. The highest BCUT2D eigenvalue weighted by Crippen LogP contribution is 2.53. The molecule has 246 valence electrons. The van der Waals surface area contributed by atoms with E-state index in [2.05, 4.69) is 145 Å². The summed E-state index contributed by atoms with van der Waals surface area (Å²) in [7, 11) is -2.83. The van der Waals surface area contributed by atoms with Crippen molar-refractivity contribution in [2.75, 3.05) is 6.16 Å². The Morgan fingerprint density at radius 2 is 1.15 bits per heavy atom. The molecule has 3 heteroatoms. The van der Waals surface area contributed by atoms with Crippen molar-refractivity contribution in [1.82, 2.24) is 4.57 Å². The molecule has 8 aromatic carbocycles. The highest BCUT2D eigenvalue weighted by atomic mass is 31.2. The third kappa shape index (κ3) is 4.62. The Balaban J connectivity index is 1.27. The molecule has 0 N–H and O–H groups in total. The Hall–Kier alpha value is -6.21. The average molecular weight is 684 g/mol. The van der Waals surface area contributed by atoms with E-state index in [1.165, 1.54) is 43.4 Å². The van der Waals surface area contributed by atoms with Crippen LogP contribution in [0.15, 0.2) is 176 Å². The van der Waals surface area contributed by atoms with Gasteiger partial charge in [0.1, 0.15) is 7.14 Å². The summed E-state index contributed by atoms with van der Waals surface area (Å²) in [6.07, 6.45) is 4.89. The number of hydrogen-bond acceptors (Lipinski definition) is 1. The van der Waals surface area contributed by atoms with Gasteiger partial charge in [-0.1, -0.05) is 170 Å². The largest absolute Gasteiger partial charge is 0.313 e. The van der Waals surface area contributed by atoms with Crippen LogP contribution in [0.25, 0.3) is 78.3 Å². The van der Waals surface area contributed by atoms with E-state index in [4.69, 9.17) is 0 Å². The topological polar surface area (TPSA) is 22.0 Å². The van der Waals surface area contributed by atoms with Gasteiger partial charge in [0.15, 0.2) is 0 Å². The average Bonchev–Trinajstić information content (AvgIpc) is 3.66. The second kappa shape index (κ2) is 11.9. The standard InChI is InChI=1S/C49H34NOP/c1-33-39-19-11-13-25-46(39)50(45(33)30-29-37-32-52(51,38-17-3-2-4-18-38)47-26-14-12-20-40(37)47)49-43-23-9-7-21-41(43)48(42-22-8-10-24-44(42)49)36-28-27-34-15-5-6-16-35(34)31-36/h2-31H,1,32H2/b37-29+,45-30+. The molecule has 0 saturated heterocycles. The zero-order valence-corrected chi connectivity index (χ0v) is 29.4. The molecular formula is C49H34NOP. The lowest BCUT2D eigenvalue weighted by Crippen LogP contribution is -2.27. The summed E-state index contributed by atoms with van der Waals surface area (Å²) in [4.78, 5) is 0. The fourth-order valence-corrected chi connectivity index (χ4v) is 11.4. The number of benzene rings is 8. The number of aromatic nitrogens is 1. The highest BCUT2D eigenvalue weighted by Gasteiger charge is 2.37.